The summed E-state index contributed by atoms with van der Waals surface area (Å²) in [6, 6.07) is 3.44. The van der Waals surface area contributed by atoms with Crippen molar-refractivity contribution in [1.29, 1.82) is 0 Å². The fourth-order valence-electron chi connectivity index (χ4n) is 2.59. The van der Waals surface area contributed by atoms with Crippen LogP contribution >= 0.6 is 11.3 Å². The molecule has 184 valence electrons. The van der Waals surface area contributed by atoms with E-state index in [2.05, 4.69) is 20.4 Å². The van der Waals surface area contributed by atoms with Crippen LogP contribution in [0.25, 0.3) is 0 Å². The molecule has 0 bridgehead atoms. The summed E-state index contributed by atoms with van der Waals surface area (Å²) in [6.07, 6.45) is 0. The van der Waals surface area contributed by atoms with Crippen molar-refractivity contribution >= 4 is 27.8 Å². The van der Waals surface area contributed by atoms with Crippen LogP contribution in [0.3, 0.4) is 0 Å². The van der Waals surface area contributed by atoms with E-state index in [1.807, 2.05) is 6.92 Å². The predicted octanol–water partition coefficient (Wildman–Crippen LogP) is 2.77. The van der Waals surface area contributed by atoms with E-state index in [0.717, 1.165) is 0 Å². The van der Waals surface area contributed by atoms with Gasteiger partial charge >= 0.3 is 0 Å². The Labute approximate surface area is 197 Å². The zero-order valence-corrected chi connectivity index (χ0v) is 20.0. The van der Waals surface area contributed by atoms with Gasteiger partial charge in [0.25, 0.3) is 5.13 Å². The highest BCUT2D eigenvalue weighted by molar-refractivity contribution is 7.13. The third kappa shape index (κ3) is 9.53. The first-order valence-electron chi connectivity index (χ1n) is 10.4. The van der Waals surface area contributed by atoms with Gasteiger partial charge < -0.3 is 28.8 Å². The molecule has 0 amide bonds. The standard InChI is InChI=1S/C20H31N5O7S/c1-4-29-9-10-31-11-12-32-25(5-7-30-8-6-26)17-14-18(27-2)16(13-19(17)28-3)22-24-20-23-21-15-33-20/h13-15,26H,4-12H2,1-3H3/b24-22+. The fourth-order valence-corrected chi connectivity index (χ4v) is 2.96. The molecule has 0 unspecified atom stereocenters. The molecule has 0 fully saturated rings. The number of hydrogen-bond donors (Lipinski definition) is 1. The number of methoxy groups -OCH3 is 2. The molecule has 0 aliphatic heterocycles. The van der Waals surface area contributed by atoms with Crippen molar-refractivity contribution in [3.05, 3.63) is 17.6 Å². The first-order valence-corrected chi connectivity index (χ1v) is 11.3. The number of rotatable bonds is 18. The zero-order valence-electron chi connectivity index (χ0n) is 19.1. The maximum atomic E-state index is 8.95. The predicted molar refractivity (Wildman–Crippen MR) is 122 cm³/mol. The number of aromatic nitrogens is 2. The molecule has 0 aliphatic rings. The van der Waals surface area contributed by atoms with Crippen molar-refractivity contribution in [3.8, 4) is 11.5 Å². The smallest absolute Gasteiger partial charge is 0.251 e. The molecule has 2 aromatic rings. The third-order valence-corrected chi connectivity index (χ3v) is 4.64. The SMILES string of the molecule is CCOCCOCCON(CCOCCO)c1cc(OC)c(/N=N/c2nncs2)cc1OC. The normalized spacial score (nSPS) is 11.3. The number of azo groups is 1. The first kappa shape index (κ1) is 26.8. The van der Waals surface area contributed by atoms with Crippen LogP contribution in [0.15, 0.2) is 27.9 Å². The minimum atomic E-state index is -0.0556. The number of nitrogens with zero attached hydrogens (tertiary/aromatic N) is 5. The van der Waals surface area contributed by atoms with Gasteiger partial charge in [-0.05, 0) is 6.92 Å². The molecular weight excluding hydrogens is 454 g/mol. The van der Waals surface area contributed by atoms with Gasteiger partial charge in [-0.25, -0.2) is 5.06 Å². The summed E-state index contributed by atoms with van der Waals surface area (Å²) < 4.78 is 27.2. The Morgan fingerprint density at radius 1 is 0.939 bits per heavy atom. The van der Waals surface area contributed by atoms with Crippen LogP contribution < -0.4 is 14.5 Å². The third-order valence-electron chi connectivity index (χ3n) is 4.07. The van der Waals surface area contributed by atoms with Gasteiger partial charge in [-0.1, -0.05) is 11.3 Å². The average Bonchev–Trinajstić information content (AvgIpc) is 3.36. The first-order chi connectivity index (χ1) is 16.2. The molecule has 0 spiro atoms. The van der Waals surface area contributed by atoms with Crippen LogP contribution in [-0.2, 0) is 19.0 Å². The molecule has 1 N–H and O–H groups in total. The van der Waals surface area contributed by atoms with Crippen LogP contribution in [0.2, 0.25) is 0 Å². The van der Waals surface area contributed by atoms with Crippen LogP contribution in [0.1, 0.15) is 6.92 Å². The van der Waals surface area contributed by atoms with Crippen LogP contribution in [0.4, 0.5) is 16.5 Å². The van der Waals surface area contributed by atoms with Gasteiger partial charge in [0.2, 0.25) is 0 Å². The molecule has 0 saturated heterocycles. The van der Waals surface area contributed by atoms with Crippen LogP contribution in [0.5, 0.6) is 11.5 Å². The summed E-state index contributed by atoms with van der Waals surface area (Å²) in [5.74, 6) is 0.971. The van der Waals surface area contributed by atoms with E-state index < -0.39 is 0 Å². The lowest BCUT2D eigenvalue weighted by molar-refractivity contribution is 0.00421. The Balaban J connectivity index is 2.14. The molecule has 12 nitrogen and oxygen atoms in total. The number of ether oxygens (including phenoxy) is 5. The largest absolute Gasteiger partial charge is 0.494 e. The van der Waals surface area contributed by atoms with Crippen molar-refractivity contribution in [2.24, 2.45) is 10.2 Å². The molecule has 0 radical (unpaired) electrons. The molecule has 0 saturated carbocycles. The Hall–Kier alpha value is -2.42. The number of anilines is 1. The highest BCUT2D eigenvalue weighted by Crippen LogP contribution is 2.40. The fraction of sp³-hybridized carbons (Fsp3) is 0.600. The molecule has 0 aliphatic carbocycles. The van der Waals surface area contributed by atoms with Gasteiger partial charge in [-0.2, -0.15) is 0 Å². The van der Waals surface area contributed by atoms with E-state index in [1.165, 1.54) is 18.4 Å². The van der Waals surface area contributed by atoms with E-state index in [0.29, 0.717) is 74.2 Å². The van der Waals surface area contributed by atoms with Crippen molar-refractivity contribution in [1.82, 2.24) is 10.2 Å². The Morgan fingerprint density at radius 3 is 2.39 bits per heavy atom. The van der Waals surface area contributed by atoms with Gasteiger partial charge in [0.15, 0.2) is 0 Å². The molecule has 1 heterocycles. The van der Waals surface area contributed by atoms with E-state index >= 15 is 0 Å². The molecule has 1 aromatic heterocycles. The Morgan fingerprint density at radius 2 is 1.70 bits per heavy atom. The van der Waals surface area contributed by atoms with E-state index in [4.69, 9.17) is 33.6 Å². The highest BCUT2D eigenvalue weighted by Gasteiger charge is 2.18. The minimum absolute atomic E-state index is 0.0556. The molecule has 1 aromatic carbocycles. The maximum Gasteiger partial charge on any atom is 0.251 e. The monoisotopic (exact) mass is 485 g/mol. The summed E-state index contributed by atoms with van der Waals surface area (Å²) in [5, 5.41) is 26.9. The van der Waals surface area contributed by atoms with Crippen molar-refractivity contribution in [2.45, 2.75) is 6.92 Å². The van der Waals surface area contributed by atoms with E-state index in [9.17, 15) is 0 Å². The van der Waals surface area contributed by atoms with E-state index in [-0.39, 0.29) is 13.2 Å². The van der Waals surface area contributed by atoms with Gasteiger partial charge in [0.05, 0.1) is 67.0 Å². The summed E-state index contributed by atoms with van der Waals surface area (Å²) in [5.41, 5.74) is 2.65. The molecular formula is C20H31N5O7S. The van der Waals surface area contributed by atoms with Crippen molar-refractivity contribution in [3.63, 3.8) is 0 Å². The minimum Gasteiger partial charge on any atom is -0.494 e. The molecule has 13 heteroatoms. The number of hydroxylamine groups is 1. The number of benzene rings is 1. The van der Waals surface area contributed by atoms with Gasteiger partial charge in [-0.3, -0.25) is 4.84 Å². The average molecular weight is 486 g/mol. The van der Waals surface area contributed by atoms with Gasteiger partial charge in [0.1, 0.15) is 28.4 Å². The second-order valence-electron chi connectivity index (χ2n) is 6.20. The second kappa shape index (κ2) is 16.2. The van der Waals surface area contributed by atoms with Crippen LogP contribution in [0, 0.1) is 0 Å². The number of aliphatic hydroxyl groups excluding tert-OH is 1. The Kier molecular flexibility index (Phi) is 13.2. The van der Waals surface area contributed by atoms with Gasteiger partial charge in [0, 0.05) is 18.7 Å². The quantitative estimate of drug-likeness (QED) is 0.191. The van der Waals surface area contributed by atoms with Gasteiger partial charge in [-0.15, -0.1) is 20.4 Å². The second-order valence-corrected chi connectivity index (χ2v) is 7.01. The lowest BCUT2D eigenvalue weighted by atomic mass is 10.2. The number of aliphatic hydroxyl groups is 1. The zero-order chi connectivity index (χ0) is 23.7. The topological polar surface area (TPSA) is 129 Å². The van der Waals surface area contributed by atoms with Crippen molar-refractivity contribution in [2.75, 3.05) is 78.7 Å². The Bertz CT molecular complexity index is 810. The summed E-state index contributed by atoms with van der Waals surface area (Å²) in [4.78, 5) is 5.93. The van der Waals surface area contributed by atoms with Crippen molar-refractivity contribution < 1.29 is 33.6 Å². The summed E-state index contributed by atoms with van der Waals surface area (Å²) in [7, 11) is 3.09. The lowest BCUT2D eigenvalue weighted by Crippen LogP contribution is -2.30. The van der Waals surface area contributed by atoms with Crippen LogP contribution in [-0.4, -0.2) is 88.9 Å². The number of hydrogen-bond acceptors (Lipinski definition) is 13. The summed E-state index contributed by atoms with van der Waals surface area (Å²) >= 11 is 1.27. The van der Waals surface area contributed by atoms with E-state index in [1.54, 1.807) is 29.8 Å². The molecule has 0 atom stereocenters. The lowest BCUT2D eigenvalue weighted by Gasteiger charge is -2.26. The molecule has 33 heavy (non-hydrogen) atoms. The molecule has 2 rings (SSSR count). The highest BCUT2D eigenvalue weighted by atomic mass is 32.1. The maximum absolute atomic E-state index is 8.95. The summed E-state index contributed by atoms with van der Waals surface area (Å²) in [6.45, 7) is 5.18.